The summed E-state index contributed by atoms with van der Waals surface area (Å²) in [5.41, 5.74) is 1.87. The number of hydrogen-bond donors (Lipinski definition) is 1. The Labute approximate surface area is 209 Å². The Morgan fingerprint density at radius 1 is 1.25 bits per heavy atom. The van der Waals surface area contributed by atoms with E-state index in [0.29, 0.717) is 18.0 Å². The van der Waals surface area contributed by atoms with E-state index in [9.17, 15) is 13.2 Å². The van der Waals surface area contributed by atoms with E-state index < -0.39 is 22.1 Å². The number of carbonyl (C=O) groups is 1. The first-order valence-electron chi connectivity index (χ1n) is 11.7. The lowest BCUT2D eigenvalue weighted by Crippen LogP contribution is -2.43. The number of benzene rings is 1. The van der Waals surface area contributed by atoms with Crippen LogP contribution in [0.25, 0.3) is 12.2 Å². The van der Waals surface area contributed by atoms with Crippen molar-refractivity contribution in [2.45, 2.75) is 44.2 Å². The number of carboxylic acids is 1. The monoisotopic (exact) mass is 512 g/mol. The summed E-state index contributed by atoms with van der Waals surface area (Å²) in [5.74, 6) is -0.589. The normalized spacial score (nSPS) is 15.5. The van der Waals surface area contributed by atoms with Crippen molar-refractivity contribution in [3.8, 4) is 11.6 Å². The van der Waals surface area contributed by atoms with E-state index >= 15 is 0 Å². The maximum absolute atomic E-state index is 13.9. The number of nitrogens with zero attached hydrogens (tertiary/aromatic N) is 4. The number of aliphatic carboxylic acids is 1. The van der Waals surface area contributed by atoms with Crippen LogP contribution in [0.5, 0.6) is 11.6 Å². The average Bonchev–Trinajstić information content (AvgIpc) is 3.30. The van der Waals surface area contributed by atoms with Gasteiger partial charge in [0.05, 0.1) is 24.5 Å². The highest BCUT2D eigenvalue weighted by molar-refractivity contribution is 7.93. The summed E-state index contributed by atoms with van der Waals surface area (Å²) in [6, 6.07) is 10.8. The minimum atomic E-state index is -4.11. The van der Waals surface area contributed by atoms with E-state index in [4.69, 9.17) is 14.6 Å². The SMILES string of the molecule is CCOc1nn(CC)cc1S(=O)(=O)N1CC(CCC(=O)O)Oc2ccc(C=Cc3ccccn3)cc21. The van der Waals surface area contributed by atoms with Gasteiger partial charge >= 0.3 is 5.97 Å². The fourth-order valence-electron chi connectivity index (χ4n) is 3.83. The van der Waals surface area contributed by atoms with Gasteiger partial charge in [0.25, 0.3) is 15.9 Å². The summed E-state index contributed by atoms with van der Waals surface area (Å²) >= 11 is 0. The van der Waals surface area contributed by atoms with Crippen molar-refractivity contribution in [3.63, 3.8) is 0 Å². The number of aromatic nitrogens is 3. The Morgan fingerprint density at radius 3 is 2.78 bits per heavy atom. The molecule has 1 unspecified atom stereocenters. The van der Waals surface area contributed by atoms with Crippen molar-refractivity contribution in [1.82, 2.24) is 14.8 Å². The largest absolute Gasteiger partial charge is 0.486 e. The van der Waals surface area contributed by atoms with Gasteiger partial charge in [0.1, 0.15) is 11.9 Å². The molecular formula is C25H28N4O6S. The number of fused-ring (bicyclic) bond motifs is 1. The molecule has 1 aliphatic heterocycles. The quantitative estimate of drug-likeness (QED) is 0.436. The molecule has 0 saturated carbocycles. The van der Waals surface area contributed by atoms with Crippen LogP contribution in [-0.2, 0) is 21.4 Å². The highest BCUT2D eigenvalue weighted by Crippen LogP contribution is 2.40. The zero-order chi connectivity index (χ0) is 25.7. The molecule has 1 atom stereocenters. The third-order valence-corrected chi connectivity index (χ3v) is 7.36. The van der Waals surface area contributed by atoms with E-state index in [1.807, 2.05) is 43.3 Å². The number of hydrogen-bond acceptors (Lipinski definition) is 7. The summed E-state index contributed by atoms with van der Waals surface area (Å²) < 4.78 is 42.2. The summed E-state index contributed by atoms with van der Waals surface area (Å²) in [6.07, 6.45) is 6.20. The first kappa shape index (κ1) is 25.2. The lowest BCUT2D eigenvalue weighted by molar-refractivity contribution is -0.137. The number of ether oxygens (including phenoxy) is 2. The number of carboxylic acid groups (broad SMARTS) is 1. The first-order chi connectivity index (χ1) is 17.3. The van der Waals surface area contributed by atoms with E-state index in [-0.39, 0.29) is 36.8 Å². The molecule has 0 aliphatic carbocycles. The van der Waals surface area contributed by atoms with Gasteiger partial charge in [-0.15, -0.1) is 5.10 Å². The molecule has 3 aromatic rings. The smallest absolute Gasteiger partial charge is 0.303 e. The van der Waals surface area contributed by atoms with Gasteiger partial charge in [-0.1, -0.05) is 18.2 Å². The second-order valence-electron chi connectivity index (χ2n) is 8.11. The molecule has 0 amide bonds. The molecule has 0 bridgehead atoms. The number of aryl methyl sites for hydroxylation is 1. The van der Waals surface area contributed by atoms with Crippen molar-refractivity contribution in [2.75, 3.05) is 17.5 Å². The highest BCUT2D eigenvalue weighted by Gasteiger charge is 2.37. The molecular weight excluding hydrogens is 484 g/mol. The molecule has 0 radical (unpaired) electrons. The molecule has 11 heteroatoms. The second kappa shape index (κ2) is 10.8. The fraction of sp³-hybridized carbons (Fsp3) is 0.320. The van der Waals surface area contributed by atoms with Crippen molar-refractivity contribution in [3.05, 3.63) is 60.0 Å². The van der Waals surface area contributed by atoms with Gasteiger partial charge in [-0.05, 0) is 56.2 Å². The molecule has 190 valence electrons. The summed E-state index contributed by atoms with van der Waals surface area (Å²) in [5, 5.41) is 13.4. The predicted molar refractivity (Wildman–Crippen MR) is 134 cm³/mol. The van der Waals surface area contributed by atoms with Gasteiger partial charge < -0.3 is 14.6 Å². The van der Waals surface area contributed by atoms with Crippen LogP contribution < -0.4 is 13.8 Å². The molecule has 3 heterocycles. The van der Waals surface area contributed by atoms with Crippen molar-refractivity contribution >= 4 is 33.8 Å². The van der Waals surface area contributed by atoms with Gasteiger partial charge in [0.2, 0.25) is 0 Å². The van der Waals surface area contributed by atoms with Crippen molar-refractivity contribution < 1.29 is 27.8 Å². The summed E-state index contributed by atoms with van der Waals surface area (Å²) in [6.45, 7) is 4.30. The third kappa shape index (κ3) is 5.51. The average molecular weight is 513 g/mol. The Hall–Kier alpha value is -3.86. The Bertz CT molecular complexity index is 1350. The minimum absolute atomic E-state index is 0.0284. The maximum atomic E-state index is 13.9. The van der Waals surface area contributed by atoms with Gasteiger partial charge in [-0.25, -0.2) is 8.42 Å². The number of anilines is 1. The van der Waals surface area contributed by atoms with Crippen LogP contribution in [0, 0.1) is 0 Å². The van der Waals surface area contributed by atoms with Crippen molar-refractivity contribution in [1.29, 1.82) is 0 Å². The highest BCUT2D eigenvalue weighted by atomic mass is 32.2. The zero-order valence-electron chi connectivity index (χ0n) is 20.1. The Balaban J connectivity index is 1.75. The van der Waals surface area contributed by atoms with E-state index in [1.165, 1.54) is 15.2 Å². The lowest BCUT2D eigenvalue weighted by atomic mass is 10.1. The molecule has 1 aliphatic rings. The van der Waals surface area contributed by atoms with Crippen LogP contribution in [-0.4, -0.2) is 53.5 Å². The Kier molecular flexibility index (Phi) is 7.58. The summed E-state index contributed by atoms with van der Waals surface area (Å²) in [7, 11) is -4.11. The molecule has 0 fully saturated rings. The van der Waals surface area contributed by atoms with Gasteiger partial charge in [0.15, 0.2) is 4.90 Å². The number of rotatable bonds is 10. The maximum Gasteiger partial charge on any atom is 0.303 e. The van der Waals surface area contributed by atoms with Crippen LogP contribution in [0.15, 0.2) is 53.7 Å². The van der Waals surface area contributed by atoms with Gasteiger partial charge in [-0.3, -0.25) is 18.8 Å². The van der Waals surface area contributed by atoms with Crippen LogP contribution in [0.2, 0.25) is 0 Å². The van der Waals surface area contributed by atoms with Crippen LogP contribution >= 0.6 is 0 Å². The summed E-state index contributed by atoms with van der Waals surface area (Å²) in [4.78, 5) is 15.4. The first-order valence-corrected chi connectivity index (χ1v) is 13.1. The van der Waals surface area contributed by atoms with Crippen LogP contribution in [0.1, 0.15) is 37.9 Å². The molecule has 10 nitrogen and oxygen atoms in total. The zero-order valence-corrected chi connectivity index (χ0v) is 20.9. The molecule has 2 aromatic heterocycles. The van der Waals surface area contributed by atoms with Crippen molar-refractivity contribution in [2.24, 2.45) is 0 Å². The fourth-order valence-corrected chi connectivity index (χ4v) is 5.41. The minimum Gasteiger partial charge on any atom is -0.486 e. The number of pyridine rings is 1. The Morgan fingerprint density at radius 2 is 2.08 bits per heavy atom. The molecule has 0 saturated heterocycles. The predicted octanol–water partition coefficient (Wildman–Crippen LogP) is 3.69. The van der Waals surface area contributed by atoms with Crippen LogP contribution in [0.3, 0.4) is 0 Å². The standard InChI is InChI=1S/C25H28N4O6S/c1-3-28-17-23(25(27-28)34-4-2)36(32,33)29-16-20(11-13-24(30)31)35-22-12-9-18(15-21(22)29)8-10-19-7-5-6-14-26-19/h5-10,12,14-15,17,20H,3-4,11,13,16H2,1-2H3,(H,30,31). The van der Waals surface area contributed by atoms with E-state index in [0.717, 1.165) is 11.3 Å². The topological polar surface area (TPSA) is 124 Å². The molecule has 1 aromatic carbocycles. The molecule has 1 N–H and O–H groups in total. The molecule has 0 spiro atoms. The second-order valence-corrected chi connectivity index (χ2v) is 9.94. The lowest BCUT2D eigenvalue weighted by Gasteiger charge is -2.35. The van der Waals surface area contributed by atoms with E-state index in [1.54, 1.807) is 25.3 Å². The third-order valence-electron chi connectivity index (χ3n) is 5.60. The van der Waals surface area contributed by atoms with E-state index in [2.05, 4.69) is 10.1 Å². The van der Waals surface area contributed by atoms with Crippen LogP contribution in [0.4, 0.5) is 5.69 Å². The van der Waals surface area contributed by atoms with Gasteiger partial charge in [-0.2, -0.15) is 0 Å². The molecule has 36 heavy (non-hydrogen) atoms. The number of sulfonamides is 1. The molecule has 4 rings (SSSR count). The van der Waals surface area contributed by atoms with Gasteiger partial charge in [0, 0.05) is 25.4 Å².